The van der Waals surface area contributed by atoms with Gasteiger partial charge in [0.1, 0.15) is 12.0 Å². The van der Waals surface area contributed by atoms with E-state index in [0.29, 0.717) is 24.3 Å². The Bertz CT molecular complexity index is 390. The molecule has 0 aromatic heterocycles. The molecule has 5 heteroatoms. The van der Waals surface area contributed by atoms with Gasteiger partial charge in [-0.15, -0.1) is 0 Å². The maximum atomic E-state index is 10.5. The Hall–Kier alpha value is -2.04. The fourth-order valence-corrected chi connectivity index (χ4v) is 1.34. The van der Waals surface area contributed by atoms with E-state index in [9.17, 15) is 9.59 Å². The highest BCUT2D eigenvalue weighted by Gasteiger charge is 2.06. The normalized spacial score (nSPS) is 9.56. The van der Waals surface area contributed by atoms with Crippen molar-refractivity contribution in [2.75, 3.05) is 12.4 Å². The number of carbonyl (C=O) groups excluding carboxylic acids is 1. The summed E-state index contributed by atoms with van der Waals surface area (Å²) >= 11 is 0. The van der Waals surface area contributed by atoms with E-state index in [4.69, 9.17) is 9.84 Å². The molecule has 0 fully saturated rings. The third-order valence-electron chi connectivity index (χ3n) is 2.06. The molecular weight excluding hydrogens is 210 g/mol. The van der Waals surface area contributed by atoms with E-state index in [1.165, 1.54) is 7.11 Å². The first-order chi connectivity index (χ1) is 7.67. The molecule has 1 aromatic rings. The predicted octanol–water partition coefficient (Wildman–Crippen LogP) is 1.92. The molecule has 0 radical (unpaired) electrons. The lowest BCUT2D eigenvalue weighted by Crippen LogP contribution is -2.08. The summed E-state index contributed by atoms with van der Waals surface area (Å²) in [5.41, 5.74) is 1.32. The molecule has 5 nitrogen and oxygen atoms in total. The van der Waals surface area contributed by atoms with E-state index in [0.717, 1.165) is 11.8 Å². The van der Waals surface area contributed by atoms with Crippen LogP contribution in [0.2, 0.25) is 0 Å². The van der Waals surface area contributed by atoms with Crippen LogP contribution < -0.4 is 10.1 Å². The van der Waals surface area contributed by atoms with E-state index in [1.807, 2.05) is 0 Å². The van der Waals surface area contributed by atoms with Crippen molar-refractivity contribution in [3.63, 3.8) is 0 Å². The number of hydrogen-bond acceptors (Lipinski definition) is 3. The molecule has 0 bridgehead atoms. The van der Waals surface area contributed by atoms with Crippen LogP contribution in [0.5, 0.6) is 5.75 Å². The molecule has 0 saturated carbocycles. The van der Waals surface area contributed by atoms with Gasteiger partial charge < -0.3 is 14.6 Å². The van der Waals surface area contributed by atoms with Crippen molar-refractivity contribution >= 4 is 18.1 Å². The highest BCUT2D eigenvalue weighted by atomic mass is 16.5. The van der Waals surface area contributed by atoms with E-state index >= 15 is 0 Å². The Labute approximate surface area is 93.0 Å². The van der Waals surface area contributed by atoms with E-state index in [-0.39, 0.29) is 0 Å². The van der Waals surface area contributed by atoms with Gasteiger partial charge in [-0.3, -0.25) is 5.32 Å². The number of methoxy groups -OCH3 is 1. The van der Waals surface area contributed by atoms with Gasteiger partial charge in [0, 0.05) is 6.42 Å². The predicted molar refractivity (Wildman–Crippen MR) is 59.0 cm³/mol. The molecule has 0 spiro atoms. The lowest BCUT2D eigenvalue weighted by Gasteiger charge is -2.09. The average Bonchev–Trinajstić information content (AvgIpc) is 2.27. The number of carbonyl (C=O) groups is 2. The number of carboxylic acid groups (broad SMARTS) is 1. The molecule has 0 unspecified atom stereocenters. The van der Waals surface area contributed by atoms with Crippen LogP contribution in [0.3, 0.4) is 0 Å². The van der Waals surface area contributed by atoms with E-state index in [2.05, 4.69) is 5.32 Å². The van der Waals surface area contributed by atoms with Gasteiger partial charge in [0.05, 0.1) is 12.8 Å². The zero-order chi connectivity index (χ0) is 12.0. The molecule has 0 heterocycles. The van der Waals surface area contributed by atoms with Gasteiger partial charge in [0.2, 0.25) is 0 Å². The van der Waals surface area contributed by atoms with Gasteiger partial charge in [-0.05, 0) is 24.1 Å². The second-order valence-electron chi connectivity index (χ2n) is 3.17. The molecule has 0 atom stereocenters. The molecule has 86 valence electrons. The quantitative estimate of drug-likeness (QED) is 0.748. The lowest BCUT2D eigenvalue weighted by molar-refractivity contribution is -0.107. The number of rotatable bonds is 5. The summed E-state index contributed by atoms with van der Waals surface area (Å²) in [5.74, 6) is 0.450. The van der Waals surface area contributed by atoms with Crippen LogP contribution in [-0.2, 0) is 11.2 Å². The minimum Gasteiger partial charge on any atom is -0.495 e. The zero-order valence-corrected chi connectivity index (χ0v) is 8.90. The van der Waals surface area contributed by atoms with Crippen LogP contribution in [0.1, 0.15) is 12.0 Å². The number of hydrogen-bond donors (Lipinski definition) is 2. The molecule has 0 aliphatic heterocycles. The number of aryl methyl sites for hydroxylation is 1. The fraction of sp³-hybridized carbons (Fsp3) is 0.273. The first-order valence-electron chi connectivity index (χ1n) is 4.78. The highest BCUT2D eigenvalue weighted by Crippen LogP contribution is 2.25. The highest BCUT2D eigenvalue weighted by molar-refractivity contribution is 5.85. The number of benzene rings is 1. The Kier molecular flexibility index (Phi) is 4.32. The summed E-state index contributed by atoms with van der Waals surface area (Å²) in [4.78, 5) is 20.7. The van der Waals surface area contributed by atoms with Gasteiger partial charge in [0.25, 0.3) is 0 Å². The fourth-order valence-electron chi connectivity index (χ4n) is 1.34. The first kappa shape index (κ1) is 12.0. The van der Waals surface area contributed by atoms with Gasteiger partial charge in [-0.25, -0.2) is 4.79 Å². The van der Waals surface area contributed by atoms with Crippen LogP contribution in [-0.4, -0.2) is 24.6 Å². The summed E-state index contributed by atoms with van der Waals surface area (Å²) in [6.07, 6.45) is 0.761. The molecule has 0 aliphatic rings. The second-order valence-corrected chi connectivity index (χ2v) is 3.17. The monoisotopic (exact) mass is 223 g/mol. The van der Waals surface area contributed by atoms with Gasteiger partial charge in [-0.1, -0.05) is 6.07 Å². The number of amides is 1. The Morgan fingerprint density at radius 1 is 1.56 bits per heavy atom. The topological polar surface area (TPSA) is 75.6 Å². The largest absolute Gasteiger partial charge is 0.495 e. The van der Waals surface area contributed by atoms with Crippen molar-refractivity contribution in [1.82, 2.24) is 0 Å². The van der Waals surface area contributed by atoms with Crippen molar-refractivity contribution in [3.8, 4) is 5.75 Å². The lowest BCUT2D eigenvalue weighted by atomic mass is 10.1. The van der Waals surface area contributed by atoms with E-state index < -0.39 is 6.09 Å². The minimum absolute atomic E-state index is 0.393. The summed E-state index contributed by atoms with van der Waals surface area (Å²) in [7, 11) is 1.46. The minimum atomic E-state index is -1.14. The summed E-state index contributed by atoms with van der Waals surface area (Å²) < 4.78 is 5.05. The second kappa shape index (κ2) is 5.75. The molecule has 0 aliphatic carbocycles. The van der Waals surface area contributed by atoms with Crippen LogP contribution in [0.4, 0.5) is 10.5 Å². The number of ether oxygens (including phenoxy) is 1. The summed E-state index contributed by atoms with van der Waals surface area (Å²) in [5, 5.41) is 10.8. The third kappa shape index (κ3) is 3.27. The number of aldehydes is 1. The maximum Gasteiger partial charge on any atom is 0.409 e. The summed E-state index contributed by atoms with van der Waals surface area (Å²) in [6.45, 7) is 0. The van der Waals surface area contributed by atoms with Crippen molar-refractivity contribution < 1.29 is 19.4 Å². The van der Waals surface area contributed by atoms with Crippen LogP contribution >= 0.6 is 0 Å². The third-order valence-corrected chi connectivity index (χ3v) is 2.06. The standard InChI is InChI=1S/C11H13NO4/c1-16-10-7-8(3-2-6-13)4-5-9(10)12-11(14)15/h4-7,12H,2-3H2,1H3,(H,14,15). The van der Waals surface area contributed by atoms with Crippen molar-refractivity contribution in [2.45, 2.75) is 12.8 Å². The average molecular weight is 223 g/mol. The zero-order valence-electron chi connectivity index (χ0n) is 8.90. The molecular formula is C11H13NO4. The van der Waals surface area contributed by atoms with Crippen LogP contribution in [0.15, 0.2) is 18.2 Å². The van der Waals surface area contributed by atoms with Gasteiger partial charge in [0.15, 0.2) is 0 Å². The van der Waals surface area contributed by atoms with Crippen LogP contribution in [0, 0.1) is 0 Å². The van der Waals surface area contributed by atoms with Crippen LogP contribution in [0.25, 0.3) is 0 Å². The number of anilines is 1. The van der Waals surface area contributed by atoms with Gasteiger partial charge >= 0.3 is 6.09 Å². The van der Waals surface area contributed by atoms with Crippen molar-refractivity contribution in [1.29, 1.82) is 0 Å². The molecule has 1 amide bonds. The van der Waals surface area contributed by atoms with Gasteiger partial charge in [-0.2, -0.15) is 0 Å². The molecule has 16 heavy (non-hydrogen) atoms. The first-order valence-corrected chi connectivity index (χ1v) is 4.78. The Morgan fingerprint density at radius 3 is 2.88 bits per heavy atom. The number of nitrogens with one attached hydrogen (secondary N) is 1. The Morgan fingerprint density at radius 2 is 2.31 bits per heavy atom. The Balaban J connectivity index is 2.87. The van der Waals surface area contributed by atoms with Crippen molar-refractivity contribution in [3.05, 3.63) is 23.8 Å². The summed E-state index contributed by atoms with van der Waals surface area (Å²) in [6, 6.07) is 5.10. The molecule has 1 rings (SSSR count). The molecule has 0 saturated heterocycles. The molecule has 2 N–H and O–H groups in total. The SMILES string of the molecule is COc1cc(CCC=O)ccc1NC(=O)O. The maximum absolute atomic E-state index is 10.5. The molecule has 1 aromatic carbocycles. The van der Waals surface area contributed by atoms with Crippen molar-refractivity contribution in [2.24, 2.45) is 0 Å². The van der Waals surface area contributed by atoms with E-state index in [1.54, 1.807) is 18.2 Å². The smallest absolute Gasteiger partial charge is 0.409 e.